The zero-order valence-corrected chi connectivity index (χ0v) is 12.2. The van der Waals surface area contributed by atoms with E-state index in [0.29, 0.717) is 18.2 Å². The molecule has 5 nitrogen and oxygen atoms in total. The minimum atomic E-state index is 0.347. The Balaban J connectivity index is 1.53. The quantitative estimate of drug-likeness (QED) is 0.913. The third-order valence-corrected chi connectivity index (χ3v) is 4.46. The molecule has 2 saturated heterocycles. The number of morpholine rings is 1. The second kappa shape index (κ2) is 5.24. The molecule has 2 aromatic rings. The van der Waals surface area contributed by atoms with Crippen LogP contribution < -0.4 is 5.32 Å². The van der Waals surface area contributed by atoms with Gasteiger partial charge in [0.2, 0.25) is 0 Å². The molecule has 0 radical (unpaired) electrons. The number of ether oxygens (including phenoxy) is 1. The van der Waals surface area contributed by atoms with E-state index in [-0.39, 0.29) is 0 Å². The van der Waals surface area contributed by atoms with Gasteiger partial charge in [-0.1, -0.05) is 0 Å². The van der Waals surface area contributed by atoms with Crippen LogP contribution in [0, 0.1) is 0 Å². The summed E-state index contributed by atoms with van der Waals surface area (Å²) in [5.74, 6) is 0.944. The Kier molecular flexibility index (Phi) is 3.24. The van der Waals surface area contributed by atoms with Crippen LogP contribution in [-0.4, -0.2) is 52.8 Å². The van der Waals surface area contributed by atoms with Crippen LogP contribution in [0.1, 0.15) is 13.3 Å². The van der Waals surface area contributed by atoms with E-state index in [1.54, 1.807) is 0 Å². The molecule has 2 aromatic heterocycles. The van der Waals surface area contributed by atoms with Crippen molar-refractivity contribution in [1.82, 2.24) is 14.9 Å². The average Bonchev–Trinajstić information content (AvgIpc) is 2.89. The number of anilines is 1. The van der Waals surface area contributed by atoms with E-state index in [9.17, 15) is 0 Å². The minimum Gasteiger partial charge on any atom is -0.376 e. The number of rotatable bonds is 2. The number of hydrogen-bond donors (Lipinski definition) is 1. The van der Waals surface area contributed by atoms with Crippen LogP contribution >= 0.6 is 0 Å². The summed E-state index contributed by atoms with van der Waals surface area (Å²) >= 11 is 0. The van der Waals surface area contributed by atoms with E-state index >= 15 is 0 Å². The Hall–Kier alpha value is -1.72. The predicted octanol–water partition coefficient (Wildman–Crippen LogP) is 1.90. The molecule has 2 aliphatic rings. The zero-order chi connectivity index (χ0) is 14.2. The van der Waals surface area contributed by atoms with Crippen molar-refractivity contribution in [2.45, 2.75) is 31.5 Å². The summed E-state index contributed by atoms with van der Waals surface area (Å²) in [6.07, 6.45) is 5.11. The monoisotopic (exact) mass is 284 g/mol. The molecule has 0 aliphatic carbocycles. The molecule has 4 rings (SSSR count). The van der Waals surface area contributed by atoms with E-state index in [1.807, 2.05) is 24.5 Å². The highest BCUT2D eigenvalue weighted by Gasteiger charge is 2.36. The summed E-state index contributed by atoms with van der Waals surface area (Å²) in [5, 5.41) is 4.70. The first-order valence-electron chi connectivity index (χ1n) is 7.61. The lowest BCUT2D eigenvalue weighted by Crippen LogP contribution is -2.45. The molecular weight excluding hydrogens is 264 g/mol. The zero-order valence-electron chi connectivity index (χ0n) is 12.2. The molecule has 4 heterocycles. The second-order valence-corrected chi connectivity index (χ2v) is 6.06. The molecule has 110 valence electrons. The standard InChI is InChI=1S/C16H20N4O/c1-11-8-20-9-12(7-13(20)10-21-11)19-16-14-3-2-5-17-15(14)4-6-18-16/h2-6,11-13H,7-10H2,1H3,(H,18,19)/t11-,12-,13-/m0/s1. The fourth-order valence-corrected chi connectivity index (χ4v) is 3.45. The number of nitrogens with zero attached hydrogens (tertiary/aromatic N) is 3. The van der Waals surface area contributed by atoms with Gasteiger partial charge in [-0.2, -0.15) is 0 Å². The van der Waals surface area contributed by atoms with E-state index < -0.39 is 0 Å². The summed E-state index contributed by atoms with van der Waals surface area (Å²) in [5.41, 5.74) is 0.989. The van der Waals surface area contributed by atoms with Gasteiger partial charge in [0.25, 0.3) is 0 Å². The predicted molar refractivity (Wildman–Crippen MR) is 82.3 cm³/mol. The van der Waals surface area contributed by atoms with Crippen LogP contribution in [0.4, 0.5) is 5.82 Å². The molecule has 0 amide bonds. The van der Waals surface area contributed by atoms with Crippen LogP contribution in [0.25, 0.3) is 10.9 Å². The summed E-state index contributed by atoms with van der Waals surface area (Å²) in [6, 6.07) is 6.97. The lowest BCUT2D eigenvalue weighted by molar-refractivity contribution is -0.0390. The molecule has 2 fully saturated rings. The number of hydrogen-bond acceptors (Lipinski definition) is 5. The van der Waals surface area contributed by atoms with Gasteiger partial charge < -0.3 is 10.1 Å². The first-order chi connectivity index (χ1) is 10.3. The Morgan fingerprint density at radius 3 is 3.14 bits per heavy atom. The molecule has 0 aromatic carbocycles. The smallest absolute Gasteiger partial charge is 0.135 e. The Morgan fingerprint density at radius 1 is 1.24 bits per heavy atom. The van der Waals surface area contributed by atoms with Gasteiger partial charge >= 0.3 is 0 Å². The van der Waals surface area contributed by atoms with Crippen molar-refractivity contribution in [1.29, 1.82) is 0 Å². The largest absolute Gasteiger partial charge is 0.376 e. The minimum absolute atomic E-state index is 0.347. The van der Waals surface area contributed by atoms with Crippen LogP contribution in [0.2, 0.25) is 0 Å². The second-order valence-electron chi connectivity index (χ2n) is 6.06. The van der Waals surface area contributed by atoms with Gasteiger partial charge in [-0.05, 0) is 31.5 Å². The van der Waals surface area contributed by atoms with E-state index in [0.717, 1.165) is 42.8 Å². The molecular formula is C16H20N4O. The van der Waals surface area contributed by atoms with Crippen LogP contribution in [0.15, 0.2) is 30.6 Å². The average molecular weight is 284 g/mol. The maximum absolute atomic E-state index is 5.77. The van der Waals surface area contributed by atoms with Gasteiger partial charge in [0.1, 0.15) is 5.82 Å². The maximum atomic E-state index is 5.77. The lowest BCUT2D eigenvalue weighted by Gasteiger charge is -2.33. The Labute approximate surface area is 124 Å². The summed E-state index contributed by atoms with van der Waals surface area (Å²) < 4.78 is 5.77. The number of nitrogens with one attached hydrogen (secondary N) is 1. The van der Waals surface area contributed by atoms with Crippen molar-refractivity contribution >= 4 is 16.7 Å². The van der Waals surface area contributed by atoms with Crippen molar-refractivity contribution in [3.63, 3.8) is 0 Å². The van der Waals surface area contributed by atoms with Gasteiger partial charge in [-0.3, -0.25) is 9.88 Å². The highest BCUT2D eigenvalue weighted by molar-refractivity contribution is 5.88. The summed E-state index contributed by atoms with van der Waals surface area (Å²) in [7, 11) is 0. The topological polar surface area (TPSA) is 50.3 Å². The van der Waals surface area contributed by atoms with Gasteiger partial charge in [0.15, 0.2) is 0 Å². The highest BCUT2D eigenvalue weighted by Crippen LogP contribution is 2.27. The Morgan fingerprint density at radius 2 is 2.19 bits per heavy atom. The maximum Gasteiger partial charge on any atom is 0.135 e. The molecule has 2 aliphatic heterocycles. The number of pyridine rings is 2. The first kappa shape index (κ1) is 13.0. The van der Waals surface area contributed by atoms with Crippen molar-refractivity contribution in [2.24, 2.45) is 0 Å². The van der Waals surface area contributed by atoms with Gasteiger partial charge in [0, 0.05) is 43.0 Å². The molecule has 0 spiro atoms. The van der Waals surface area contributed by atoms with Crippen molar-refractivity contribution in [2.75, 3.05) is 25.0 Å². The van der Waals surface area contributed by atoms with E-state index in [1.165, 1.54) is 0 Å². The van der Waals surface area contributed by atoms with Gasteiger partial charge in [-0.15, -0.1) is 0 Å². The third kappa shape index (κ3) is 2.47. The third-order valence-electron chi connectivity index (χ3n) is 4.46. The molecule has 5 heteroatoms. The molecule has 21 heavy (non-hydrogen) atoms. The fraction of sp³-hybridized carbons (Fsp3) is 0.500. The van der Waals surface area contributed by atoms with Crippen molar-refractivity contribution in [3.05, 3.63) is 30.6 Å². The van der Waals surface area contributed by atoms with E-state index in [2.05, 4.69) is 33.2 Å². The number of fused-ring (bicyclic) bond motifs is 2. The normalized spacial score (nSPS) is 29.5. The van der Waals surface area contributed by atoms with Crippen molar-refractivity contribution in [3.8, 4) is 0 Å². The molecule has 1 N–H and O–H groups in total. The first-order valence-corrected chi connectivity index (χ1v) is 7.61. The van der Waals surface area contributed by atoms with Gasteiger partial charge in [-0.25, -0.2) is 4.98 Å². The van der Waals surface area contributed by atoms with Gasteiger partial charge in [0.05, 0.1) is 18.2 Å². The van der Waals surface area contributed by atoms with Crippen molar-refractivity contribution < 1.29 is 4.74 Å². The Bertz CT molecular complexity index is 642. The van der Waals surface area contributed by atoms with Crippen LogP contribution in [-0.2, 0) is 4.74 Å². The van der Waals surface area contributed by atoms with Crippen LogP contribution in [0.3, 0.4) is 0 Å². The summed E-state index contributed by atoms with van der Waals surface area (Å²) in [6.45, 7) is 5.10. The molecule has 0 saturated carbocycles. The molecule has 0 bridgehead atoms. The number of aromatic nitrogens is 2. The molecule has 3 atom stereocenters. The summed E-state index contributed by atoms with van der Waals surface area (Å²) in [4.78, 5) is 11.4. The van der Waals surface area contributed by atoms with Crippen LogP contribution in [0.5, 0.6) is 0 Å². The fourth-order valence-electron chi connectivity index (χ4n) is 3.45. The lowest BCUT2D eigenvalue weighted by atomic mass is 10.1. The SMILES string of the molecule is C[C@H]1CN2C[C@@H](Nc3nccc4ncccc34)C[C@H]2CO1. The van der Waals surface area contributed by atoms with E-state index in [4.69, 9.17) is 4.74 Å². The highest BCUT2D eigenvalue weighted by atomic mass is 16.5. The molecule has 0 unspecified atom stereocenters.